The Morgan fingerprint density at radius 1 is 1.21 bits per heavy atom. The molecular formula is C10H13F2NO. The molecule has 0 unspecified atom stereocenters. The van der Waals surface area contributed by atoms with Crippen molar-refractivity contribution in [2.24, 2.45) is 10.9 Å². The molecule has 2 aliphatic rings. The van der Waals surface area contributed by atoms with Gasteiger partial charge in [0, 0.05) is 12.8 Å². The number of hydrogen-bond donors (Lipinski definition) is 0. The largest absolute Gasteiger partial charge is 0.252 e. The van der Waals surface area contributed by atoms with Gasteiger partial charge in [0.15, 0.2) is 0 Å². The highest BCUT2D eigenvalue weighted by atomic mass is 19.3. The molecule has 2 saturated carbocycles. The highest BCUT2D eigenvalue weighted by molar-refractivity contribution is 5.36. The molecule has 0 aliphatic heterocycles. The van der Waals surface area contributed by atoms with E-state index in [0.29, 0.717) is 0 Å². The summed E-state index contributed by atoms with van der Waals surface area (Å²) in [6, 6.07) is 0. The Morgan fingerprint density at radius 3 is 2.21 bits per heavy atom. The van der Waals surface area contributed by atoms with Crippen LogP contribution >= 0.6 is 0 Å². The van der Waals surface area contributed by atoms with E-state index in [-0.39, 0.29) is 18.8 Å². The molecule has 0 amide bonds. The Labute approximate surface area is 81.4 Å². The number of carbonyl (C=O) groups excluding carboxylic acids is 1. The van der Waals surface area contributed by atoms with Crippen LogP contribution in [0.3, 0.4) is 0 Å². The molecule has 2 fully saturated rings. The molecule has 0 aromatic rings. The zero-order valence-electron chi connectivity index (χ0n) is 7.93. The van der Waals surface area contributed by atoms with Crippen molar-refractivity contribution < 1.29 is 13.6 Å². The van der Waals surface area contributed by atoms with Gasteiger partial charge in [-0.1, -0.05) is 12.8 Å². The lowest BCUT2D eigenvalue weighted by Crippen LogP contribution is -2.54. The first kappa shape index (κ1) is 9.78. The topological polar surface area (TPSA) is 29.4 Å². The highest BCUT2D eigenvalue weighted by Crippen LogP contribution is 2.55. The molecule has 14 heavy (non-hydrogen) atoms. The van der Waals surface area contributed by atoms with Crippen molar-refractivity contribution in [1.29, 1.82) is 0 Å². The molecule has 0 N–H and O–H groups in total. The molecule has 2 aliphatic carbocycles. The van der Waals surface area contributed by atoms with E-state index in [2.05, 4.69) is 4.99 Å². The number of alkyl halides is 2. The lowest BCUT2D eigenvalue weighted by molar-refractivity contribution is -0.137. The summed E-state index contributed by atoms with van der Waals surface area (Å²) in [4.78, 5) is 13.9. The van der Waals surface area contributed by atoms with E-state index in [4.69, 9.17) is 0 Å². The maximum atomic E-state index is 12.8. The van der Waals surface area contributed by atoms with E-state index in [1.54, 1.807) is 0 Å². The molecule has 0 radical (unpaired) electrons. The second kappa shape index (κ2) is 3.13. The van der Waals surface area contributed by atoms with Gasteiger partial charge >= 0.3 is 0 Å². The second-order valence-electron chi connectivity index (χ2n) is 4.50. The van der Waals surface area contributed by atoms with Crippen LogP contribution < -0.4 is 0 Å². The van der Waals surface area contributed by atoms with Crippen LogP contribution in [0.1, 0.15) is 38.5 Å². The Hall–Kier alpha value is -0.760. The van der Waals surface area contributed by atoms with Crippen LogP contribution in [0, 0.1) is 5.92 Å². The summed E-state index contributed by atoms with van der Waals surface area (Å²) in [5, 5.41) is 0. The predicted molar refractivity (Wildman–Crippen MR) is 47.0 cm³/mol. The summed E-state index contributed by atoms with van der Waals surface area (Å²) in [6.45, 7) is 0. The van der Waals surface area contributed by atoms with Crippen molar-refractivity contribution in [2.75, 3.05) is 0 Å². The molecule has 0 heterocycles. The fraction of sp³-hybridized carbons (Fsp3) is 0.900. The first-order valence-corrected chi connectivity index (χ1v) is 5.05. The molecular weight excluding hydrogens is 188 g/mol. The van der Waals surface area contributed by atoms with Crippen LogP contribution in [0.25, 0.3) is 0 Å². The van der Waals surface area contributed by atoms with Crippen molar-refractivity contribution in [3.63, 3.8) is 0 Å². The summed E-state index contributed by atoms with van der Waals surface area (Å²) < 4.78 is 25.6. The van der Waals surface area contributed by atoms with Gasteiger partial charge in [-0.2, -0.15) is 4.99 Å². The Balaban J connectivity index is 2.13. The quantitative estimate of drug-likeness (QED) is 0.499. The summed E-state index contributed by atoms with van der Waals surface area (Å²) in [5.74, 6) is -2.42. The van der Waals surface area contributed by atoms with E-state index in [0.717, 1.165) is 25.7 Å². The van der Waals surface area contributed by atoms with Gasteiger partial charge in [0.1, 0.15) is 0 Å². The van der Waals surface area contributed by atoms with Gasteiger partial charge < -0.3 is 0 Å². The maximum Gasteiger partial charge on any atom is 0.252 e. The van der Waals surface area contributed by atoms with Gasteiger partial charge in [-0.25, -0.2) is 13.6 Å². The second-order valence-corrected chi connectivity index (χ2v) is 4.50. The number of nitrogens with zero attached hydrogens (tertiary/aromatic N) is 1. The minimum atomic E-state index is -2.61. The smallest absolute Gasteiger partial charge is 0.211 e. The van der Waals surface area contributed by atoms with E-state index < -0.39 is 11.5 Å². The van der Waals surface area contributed by atoms with E-state index in [1.165, 1.54) is 6.08 Å². The van der Waals surface area contributed by atoms with Crippen molar-refractivity contribution in [3.05, 3.63) is 0 Å². The summed E-state index contributed by atoms with van der Waals surface area (Å²) in [5.41, 5.74) is -0.762. The molecule has 0 bridgehead atoms. The van der Waals surface area contributed by atoms with Gasteiger partial charge in [0.25, 0.3) is 5.92 Å². The zero-order valence-corrected chi connectivity index (χ0v) is 7.93. The Bertz CT molecular complexity index is 270. The summed E-state index contributed by atoms with van der Waals surface area (Å²) in [7, 11) is 0. The standard InChI is InChI=1S/C10H13F2NO/c11-10(12)5-9(6-10,13-7-14)8-3-1-2-4-8/h8H,1-6H2. The van der Waals surface area contributed by atoms with Gasteiger partial charge in [0.05, 0.1) is 5.54 Å². The SMILES string of the molecule is O=C=NC1(C2CCCC2)CC(F)(F)C1. The molecule has 4 heteroatoms. The minimum absolute atomic E-state index is 0.184. The fourth-order valence-corrected chi connectivity index (χ4v) is 2.86. The zero-order chi connectivity index (χ0) is 10.2. The third-order valence-corrected chi connectivity index (χ3v) is 3.51. The van der Waals surface area contributed by atoms with E-state index >= 15 is 0 Å². The summed E-state index contributed by atoms with van der Waals surface area (Å²) in [6.07, 6.45) is 4.98. The first-order valence-electron chi connectivity index (χ1n) is 5.05. The molecule has 2 rings (SSSR count). The van der Waals surface area contributed by atoms with E-state index in [9.17, 15) is 13.6 Å². The first-order chi connectivity index (χ1) is 6.58. The molecule has 0 saturated heterocycles. The average Bonchev–Trinajstić information content (AvgIpc) is 2.52. The predicted octanol–water partition coefficient (Wildman–Crippen LogP) is 2.68. The average molecular weight is 201 g/mol. The van der Waals surface area contributed by atoms with Gasteiger partial charge in [-0.05, 0) is 18.8 Å². The molecule has 2 nitrogen and oxygen atoms in total. The van der Waals surface area contributed by atoms with Gasteiger partial charge in [-0.3, -0.25) is 0 Å². The Kier molecular flexibility index (Phi) is 2.18. The third kappa shape index (κ3) is 1.48. The number of hydrogen-bond acceptors (Lipinski definition) is 2. The molecule has 0 spiro atoms. The van der Waals surface area contributed by atoms with Crippen LogP contribution in [0.5, 0.6) is 0 Å². The number of rotatable bonds is 2. The monoisotopic (exact) mass is 201 g/mol. The highest BCUT2D eigenvalue weighted by Gasteiger charge is 2.60. The van der Waals surface area contributed by atoms with Crippen molar-refractivity contribution >= 4 is 6.08 Å². The molecule has 0 aromatic carbocycles. The third-order valence-electron chi connectivity index (χ3n) is 3.51. The van der Waals surface area contributed by atoms with Crippen LogP contribution in [0.2, 0.25) is 0 Å². The van der Waals surface area contributed by atoms with Crippen LogP contribution in [0.15, 0.2) is 4.99 Å². The molecule has 78 valence electrons. The van der Waals surface area contributed by atoms with Crippen LogP contribution in [-0.4, -0.2) is 17.5 Å². The molecule has 0 aromatic heterocycles. The van der Waals surface area contributed by atoms with Crippen molar-refractivity contribution in [1.82, 2.24) is 0 Å². The summed E-state index contributed by atoms with van der Waals surface area (Å²) >= 11 is 0. The number of halogens is 2. The maximum absolute atomic E-state index is 12.8. The van der Waals surface area contributed by atoms with Crippen LogP contribution in [-0.2, 0) is 4.79 Å². The Morgan fingerprint density at radius 2 is 1.79 bits per heavy atom. The minimum Gasteiger partial charge on any atom is -0.211 e. The lowest BCUT2D eigenvalue weighted by Gasteiger charge is -2.47. The number of aliphatic imine (C=N–C) groups is 1. The van der Waals surface area contributed by atoms with E-state index in [1.807, 2.05) is 0 Å². The van der Waals surface area contributed by atoms with Gasteiger partial charge in [0.2, 0.25) is 6.08 Å². The fourth-order valence-electron chi connectivity index (χ4n) is 2.86. The normalized spacial score (nSPS) is 29.3. The number of isocyanates is 1. The van der Waals surface area contributed by atoms with Crippen LogP contribution in [0.4, 0.5) is 8.78 Å². The van der Waals surface area contributed by atoms with Crippen molar-refractivity contribution in [3.8, 4) is 0 Å². The lowest BCUT2D eigenvalue weighted by atomic mass is 9.65. The van der Waals surface area contributed by atoms with Crippen molar-refractivity contribution in [2.45, 2.75) is 50.0 Å². The van der Waals surface area contributed by atoms with Gasteiger partial charge in [-0.15, -0.1) is 0 Å². The molecule has 0 atom stereocenters.